The Morgan fingerprint density at radius 1 is 1.44 bits per heavy atom. The zero-order chi connectivity index (χ0) is 11.5. The first kappa shape index (κ1) is 11.7. The second kappa shape index (κ2) is 5.04. The molecule has 2 rings (SSSR count). The third-order valence-corrected chi connectivity index (χ3v) is 4.06. The van der Waals surface area contributed by atoms with Crippen molar-refractivity contribution in [3.8, 4) is 0 Å². The van der Waals surface area contributed by atoms with Crippen LogP contribution in [0.25, 0.3) is 0 Å². The molecule has 0 bridgehead atoms. The number of hydrogen-bond acceptors (Lipinski definition) is 3. The Morgan fingerprint density at radius 3 is 2.69 bits per heavy atom. The van der Waals surface area contributed by atoms with Gasteiger partial charge in [0, 0.05) is 19.7 Å². The molecule has 16 heavy (non-hydrogen) atoms. The summed E-state index contributed by atoms with van der Waals surface area (Å²) in [5.74, 6) is 2.32. The molecule has 4 heteroatoms. The van der Waals surface area contributed by atoms with E-state index in [9.17, 15) is 4.79 Å². The number of ether oxygens (including phenoxy) is 1. The molecule has 0 unspecified atom stereocenters. The van der Waals surface area contributed by atoms with Crippen LogP contribution in [0.1, 0.15) is 25.7 Å². The fourth-order valence-electron chi connectivity index (χ4n) is 2.99. The topological polar surface area (TPSA) is 49.8 Å². The van der Waals surface area contributed by atoms with E-state index < -0.39 is 0 Å². The van der Waals surface area contributed by atoms with Gasteiger partial charge in [0.1, 0.15) is 0 Å². The van der Waals surface area contributed by atoms with Crippen LogP contribution in [0, 0.1) is 17.8 Å². The molecule has 1 saturated heterocycles. The van der Waals surface area contributed by atoms with Gasteiger partial charge in [-0.1, -0.05) is 0 Å². The van der Waals surface area contributed by atoms with Crippen LogP contribution in [0.4, 0.5) is 4.79 Å². The lowest BCUT2D eigenvalue weighted by Gasteiger charge is -2.31. The summed E-state index contributed by atoms with van der Waals surface area (Å²) in [5.41, 5.74) is 0. The summed E-state index contributed by atoms with van der Waals surface area (Å²) < 4.78 is 4.71. The summed E-state index contributed by atoms with van der Waals surface area (Å²) in [6.45, 7) is 1.99. The number of rotatable bonds is 3. The van der Waals surface area contributed by atoms with Crippen molar-refractivity contribution in [3.63, 3.8) is 0 Å². The quantitative estimate of drug-likeness (QED) is 0.794. The van der Waals surface area contributed by atoms with Crippen molar-refractivity contribution in [1.82, 2.24) is 4.90 Å². The van der Waals surface area contributed by atoms with Gasteiger partial charge in [-0.05, 0) is 43.4 Å². The number of aliphatic hydroxyl groups excluding tert-OH is 1. The minimum Gasteiger partial charge on any atom is -0.453 e. The van der Waals surface area contributed by atoms with Crippen LogP contribution in [-0.2, 0) is 4.74 Å². The van der Waals surface area contributed by atoms with Gasteiger partial charge < -0.3 is 14.7 Å². The monoisotopic (exact) mass is 227 g/mol. The number of amides is 1. The number of aliphatic hydroxyl groups is 1. The first-order valence-electron chi connectivity index (χ1n) is 6.20. The predicted octanol–water partition coefficient (Wildman–Crippen LogP) is 1.48. The van der Waals surface area contributed by atoms with Gasteiger partial charge >= 0.3 is 6.09 Å². The van der Waals surface area contributed by atoms with E-state index in [0.29, 0.717) is 6.61 Å². The van der Waals surface area contributed by atoms with Gasteiger partial charge in [-0.25, -0.2) is 4.79 Å². The van der Waals surface area contributed by atoms with Crippen LogP contribution in [0.5, 0.6) is 0 Å². The van der Waals surface area contributed by atoms with Crippen molar-refractivity contribution >= 4 is 6.09 Å². The lowest BCUT2D eigenvalue weighted by molar-refractivity contribution is 0.102. The second-order valence-electron chi connectivity index (χ2n) is 4.97. The molecular weight excluding hydrogens is 206 g/mol. The van der Waals surface area contributed by atoms with E-state index >= 15 is 0 Å². The first-order valence-corrected chi connectivity index (χ1v) is 6.20. The molecule has 1 aliphatic carbocycles. The van der Waals surface area contributed by atoms with Crippen molar-refractivity contribution in [1.29, 1.82) is 0 Å². The number of nitrogens with zero attached hydrogens (tertiary/aromatic N) is 1. The highest BCUT2D eigenvalue weighted by molar-refractivity contribution is 5.67. The van der Waals surface area contributed by atoms with Gasteiger partial charge in [0.15, 0.2) is 0 Å². The second-order valence-corrected chi connectivity index (χ2v) is 4.97. The first-order chi connectivity index (χ1) is 7.76. The maximum Gasteiger partial charge on any atom is 0.409 e. The Kier molecular flexibility index (Phi) is 3.69. The molecule has 1 N–H and O–H groups in total. The molecule has 1 aliphatic heterocycles. The molecule has 0 aromatic rings. The average molecular weight is 227 g/mol. The average Bonchev–Trinajstić information content (AvgIpc) is 3.08. The smallest absolute Gasteiger partial charge is 0.409 e. The van der Waals surface area contributed by atoms with Crippen molar-refractivity contribution < 1.29 is 14.6 Å². The molecular formula is C12H21NO3. The van der Waals surface area contributed by atoms with Crippen molar-refractivity contribution in [2.45, 2.75) is 25.7 Å². The highest BCUT2D eigenvalue weighted by atomic mass is 16.5. The van der Waals surface area contributed by atoms with E-state index in [1.165, 1.54) is 13.5 Å². The minimum absolute atomic E-state index is 0.193. The Labute approximate surface area is 96.6 Å². The van der Waals surface area contributed by atoms with Crippen LogP contribution in [0.3, 0.4) is 0 Å². The molecule has 2 atom stereocenters. The predicted molar refractivity (Wildman–Crippen MR) is 60.0 cm³/mol. The molecule has 2 fully saturated rings. The van der Waals surface area contributed by atoms with Gasteiger partial charge in [-0.2, -0.15) is 0 Å². The van der Waals surface area contributed by atoms with Crippen LogP contribution < -0.4 is 0 Å². The van der Waals surface area contributed by atoms with E-state index in [1.807, 2.05) is 0 Å². The van der Waals surface area contributed by atoms with Crippen LogP contribution >= 0.6 is 0 Å². The van der Waals surface area contributed by atoms with Crippen LogP contribution in [-0.4, -0.2) is 42.9 Å². The fourth-order valence-corrected chi connectivity index (χ4v) is 2.99. The van der Waals surface area contributed by atoms with E-state index in [-0.39, 0.29) is 6.09 Å². The summed E-state index contributed by atoms with van der Waals surface area (Å²) in [5, 5.41) is 8.87. The Bertz CT molecular complexity index is 249. The number of carbonyl (C=O) groups excluding carboxylic acids is 1. The van der Waals surface area contributed by atoms with Gasteiger partial charge in [0.25, 0.3) is 0 Å². The molecule has 2 aliphatic rings. The molecule has 1 saturated carbocycles. The number of carbonyl (C=O) groups is 1. The molecule has 0 spiro atoms. The summed E-state index contributed by atoms with van der Waals surface area (Å²) in [6, 6.07) is 0. The molecule has 4 nitrogen and oxygen atoms in total. The lowest BCUT2D eigenvalue weighted by Crippen LogP contribution is -2.38. The van der Waals surface area contributed by atoms with E-state index in [0.717, 1.165) is 50.1 Å². The molecule has 0 aromatic heterocycles. The zero-order valence-electron chi connectivity index (χ0n) is 9.89. The minimum atomic E-state index is -0.193. The summed E-state index contributed by atoms with van der Waals surface area (Å²) in [4.78, 5) is 13.1. The standard InChI is InChI=1S/C12H21NO3/c1-16-12(15)13-5-2-9(3-6-13)11-8-10(11)4-7-14/h9-11,14H,2-8H2,1H3/t10-,11-/m1/s1. The largest absolute Gasteiger partial charge is 0.453 e. The summed E-state index contributed by atoms with van der Waals surface area (Å²) in [6.07, 6.45) is 4.25. The number of methoxy groups -OCH3 is 1. The van der Waals surface area contributed by atoms with Crippen LogP contribution in [0.15, 0.2) is 0 Å². The Morgan fingerprint density at radius 2 is 2.12 bits per heavy atom. The Hall–Kier alpha value is -0.770. The highest BCUT2D eigenvalue weighted by Gasteiger charge is 2.43. The molecule has 0 aromatic carbocycles. The summed E-state index contributed by atoms with van der Waals surface area (Å²) >= 11 is 0. The zero-order valence-corrected chi connectivity index (χ0v) is 9.89. The SMILES string of the molecule is COC(=O)N1CCC([C@H]2C[C@H]2CCO)CC1. The van der Waals surface area contributed by atoms with E-state index in [2.05, 4.69) is 0 Å². The van der Waals surface area contributed by atoms with Gasteiger partial charge in [0.05, 0.1) is 7.11 Å². The Balaban J connectivity index is 1.72. The maximum atomic E-state index is 11.3. The molecule has 1 heterocycles. The molecule has 92 valence electrons. The number of hydrogen-bond donors (Lipinski definition) is 1. The van der Waals surface area contributed by atoms with Crippen molar-refractivity contribution in [3.05, 3.63) is 0 Å². The van der Waals surface area contributed by atoms with Crippen LogP contribution in [0.2, 0.25) is 0 Å². The highest BCUT2D eigenvalue weighted by Crippen LogP contribution is 2.49. The third-order valence-electron chi connectivity index (χ3n) is 4.06. The lowest BCUT2D eigenvalue weighted by atomic mass is 9.91. The van der Waals surface area contributed by atoms with E-state index in [4.69, 9.17) is 9.84 Å². The van der Waals surface area contributed by atoms with Crippen molar-refractivity contribution in [2.24, 2.45) is 17.8 Å². The number of piperidine rings is 1. The van der Waals surface area contributed by atoms with Gasteiger partial charge in [-0.3, -0.25) is 0 Å². The normalized spacial score (nSPS) is 30.2. The maximum absolute atomic E-state index is 11.3. The van der Waals surface area contributed by atoms with E-state index in [1.54, 1.807) is 4.90 Å². The van der Waals surface area contributed by atoms with Gasteiger partial charge in [0.2, 0.25) is 0 Å². The summed E-state index contributed by atoms with van der Waals surface area (Å²) in [7, 11) is 1.44. The number of likely N-dealkylation sites (tertiary alicyclic amines) is 1. The van der Waals surface area contributed by atoms with Crippen molar-refractivity contribution in [2.75, 3.05) is 26.8 Å². The fraction of sp³-hybridized carbons (Fsp3) is 0.917. The van der Waals surface area contributed by atoms with Gasteiger partial charge in [-0.15, -0.1) is 0 Å². The molecule has 1 amide bonds. The molecule has 0 radical (unpaired) electrons. The third kappa shape index (κ3) is 2.48.